The molecule has 0 aliphatic carbocycles. The highest BCUT2D eigenvalue weighted by atomic mass is 32.2. The molecular formula is C18H18N4S. The summed E-state index contributed by atoms with van der Waals surface area (Å²) in [6, 6.07) is 16.3. The Labute approximate surface area is 140 Å². The number of benzene rings is 2. The molecule has 1 heterocycles. The van der Waals surface area contributed by atoms with Gasteiger partial charge in [-0.3, -0.25) is 0 Å². The van der Waals surface area contributed by atoms with Gasteiger partial charge in [-0.1, -0.05) is 47.7 Å². The molecule has 0 amide bonds. The minimum Gasteiger partial charge on any atom is -0.394 e. The summed E-state index contributed by atoms with van der Waals surface area (Å²) in [6.07, 6.45) is 1.54. The van der Waals surface area contributed by atoms with Crippen molar-refractivity contribution < 1.29 is 0 Å². The van der Waals surface area contributed by atoms with Gasteiger partial charge in [-0.2, -0.15) is 0 Å². The molecule has 0 radical (unpaired) electrons. The third-order valence-electron chi connectivity index (χ3n) is 3.44. The van der Waals surface area contributed by atoms with Crippen molar-refractivity contribution in [1.29, 1.82) is 0 Å². The minimum absolute atomic E-state index is 0.557. The molecule has 0 saturated heterocycles. The van der Waals surface area contributed by atoms with E-state index in [1.165, 1.54) is 23.7 Å². The van der Waals surface area contributed by atoms with Gasteiger partial charge in [-0.25, -0.2) is 9.97 Å². The molecule has 4 nitrogen and oxygen atoms in total. The number of nitrogens with two attached hydrogens (primary N) is 1. The number of anilines is 3. The number of nitrogens with one attached hydrogen (secondary N) is 1. The van der Waals surface area contributed by atoms with Crippen LogP contribution in [0, 0.1) is 13.8 Å². The molecule has 0 unspecified atom stereocenters. The zero-order valence-electron chi connectivity index (χ0n) is 13.1. The molecule has 3 N–H and O–H groups in total. The highest BCUT2D eigenvalue weighted by molar-refractivity contribution is 7.99. The van der Waals surface area contributed by atoms with Gasteiger partial charge < -0.3 is 11.1 Å². The third kappa shape index (κ3) is 3.63. The summed E-state index contributed by atoms with van der Waals surface area (Å²) in [5.74, 6) is 0.630. The van der Waals surface area contributed by atoms with Gasteiger partial charge >= 0.3 is 0 Å². The zero-order chi connectivity index (χ0) is 16.2. The molecule has 0 aliphatic rings. The number of aryl methyl sites for hydroxylation is 2. The van der Waals surface area contributed by atoms with Gasteiger partial charge in [0.25, 0.3) is 0 Å². The van der Waals surface area contributed by atoms with Crippen LogP contribution in [0.5, 0.6) is 0 Å². The molecule has 0 spiro atoms. The van der Waals surface area contributed by atoms with Crippen molar-refractivity contribution in [2.75, 3.05) is 11.1 Å². The Bertz CT molecular complexity index is 819. The van der Waals surface area contributed by atoms with Crippen LogP contribution < -0.4 is 11.1 Å². The van der Waals surface area contributed by atoms with Crippen LogP contribution in [0.3, 0.4) is 0 Å². The molecule has 3 aromatic rings. The van der Waals surface area contributed by atoms with Crippen LogP contribution in [0.15, 0.2) is 64.8 Å². The van der Waals surface area contributed by atoms with Gasteiger partial charge in [0.15, 0.2) is 5.82 Å². The first kappa shape index (κ1) is 15.4. The van der Waals surface area contributed by atoms with E-state index in [0.29, 0.717) is 11.5 Å². The van der Waals surface area contributed by atoms with Crippen LogP contribution in [0.4, 0.5) is 17.2 Å². The molecular weight excluding hydrogens is 304 g/mol. The lowest BCUT2D eigenvalue weighted by Crippen LogP contribution is -2.03. The van der Waals surface area contributed by atoms with Gasteiger partial charge in [0.05, 0.1) is 0 Å². The van der Waals surface area contributed by atoms with Gasteiger partial charge in [0.2, 0.25) is 0 Å². The Morgan fingerprint density at radius 3 is 2.52 bits per heavy atom. The zero-order valence-corrected chi connectivity index (χ0v) is 13.9. The van der Waals surface area contributed by atoms with E-state index >= 15 is 0 Å². The van der Waals surface area contributed by atoms with Crippen molar-refractivity contribution in [2.24, 2.45) is 0 Å². The Morgan fingerprint density at radius 2 is 1.78 bits per heavy atom. The first-order valence-corrected chi connectivity index (χ1v) is 8.13. The van der Waals surface area contributed by atoms with E-state index in [-0.39, 0.29) is 0 Å². The number of nitrogen functional groups attached to an aromatic ring is 1. The van der Waals surface area contributed by atoms with E-state index < -0.39 is 0 Å². The number of hydrogen-bond acceptors (Lipinski definition) is 5. The Morgan fingerprint density at radius 1 is 1.00 bits per heavy atom. The molecule has 116 valence electrons. The summed E-state index contributed by atoms with van der Waals surface area (Å²) in [7, 11) is 0. The van der Waals surface area contributed by atoms with Gasteiger partial charge in [-0.05, 0) is 37.6 Å². The molecule has 0 saturated carbocycles. The van der Waals surface area contributed by atoms with Crippen molar-refractivity contribution in [3.05, 3.63) is 66.0 Å². The summed E-state index contributed by atoms with van der Waals surface area (Å²) in [4.78, 5) is 9.67. The van der Waals surface area contributed by atoms with Crippen molar-refractivity contribution >= 4 is 29.0 Å². The molecule has 3 rings (SSSR count). The first-order valence-electron chi connectivity index (χ1n) is 7.31. The summed E-state index contributed by atoms with van der Waals surface area (Å²) in [5.41, 5.74) is 10.2. The van der Waals surface area contributed by atoms with Gasteiger partial charge in [0, 0.05) is 10.6 Å². The topological polar surface area (TPSA) is 63.8 Å². The second-order valence-corrected chi connectivity index (χ2v) is 6.36. The lowest BCUT2D eigenvalue weighted by atomic mass is 10.1. The predicted molar refractivity (Wildman–Crippen MR) is 96.2 cm³/mol. The highest BCUT2D eigenvalue weighted by Crippen LogP contribution is 2.34. The number of aromatic nitrogens is 2. The highest BCUT2D eigenvalue weighted by Gasteiger charge is 2.10. The fraction of sp³-hybridized carbons (Fsp3) is 0.111. The van der Waals surface area contributed by atoms with Crippen molar-refractivity contribution in [2.45, 2.75) is 23.8 Å². The van der Waals surface area contributed by atoms with Gasteiger partial charge in [-0.15, -0.1) is 0 Å². The molecule has 5 heteroatoms. The smallest absolute Gasteiger partial charge is 0.158 e. The first-order chi connectivity index (χ1) is 11.1. The molecule has 0 fully saturated rings. The fourth-order valence-corrected chi connectivity index (χ4v) is 3.06. The maximum absolute atomic E-state index is 6.25. The van der Waals surface area contributed by atoms with Crippen LogP contribution in [0.1, 0.15) is 11.1 Å². The monoisotopic (exact) mass is 322 g/mol. The molecule has 23 heavy (non-hydrogen) atoms. The summed E-state index contributed by atoms with van der Waals surface area (Å²) < 4.78 is 0. The maximum Gasteiger partial charge on any atom is 0.158 e. The van der Waals surface area contributed by atoms with E-state index in [0.717, 1.165) is 21.2 Å². The van der Waals surface area contributed by atoms with Crippen LogP contribution >= 0.6 is 11.8 Å². The van der Waals surface area contributed by atoms with Crippen LogP contribution in [0.25, 0.3) is 0 Å². The molecule has 0 aliphatic heterocycles. The average molecular weight is 322 g/mol. The van der Waals surface area contributed by atoms with E-state index in [9.17, 15) is 0 Å². The SMILES string of the molecule is Cc1ccc(Nc2ncnc(Sc3ccccc3)c2N)c(C)c1. The van der Waals surface area contributed by atoms with Crippen molar-refractivity contribution in [1.82, 2.24) is 9.97 Å². The largest absolute Gasteiger partial charge is 0.394 e. The van der Waals surface area contributed by atoms with E-state index in [1.54, 1.807) is 0 Å². The Hall–Kier alpha value is -2.53. The molecule has 0 atom stereocenters. The standard InChI is InChI=1S/C18H18N4S/c1-12-8-9-15(13(2)10-12)22-17-16(19)18(21-11-20-17)23-14-6-4-3-5-7-14/h3-11H,19H2,1-2H3,(H,20,21,22). The normalized spacial score (nSPS) is 10.5. The second kappa shape index (κ2) is 6.71. The lowest BCUT2D eigenvalue weighted by Gasteiger charge is -2.13. The fourth-order valence-electron chi connectivity index (χ4n) is 2.24. The summed E-state index contributed by atoms with van der Waals surface area (Å²) in [5, 5.41) is 4.05. The molecule has 0 bridgehead atoms. The minimum atomic E-state index is 0.557. The molecule has 1 aromatic heterocycles. The second-order valence-electron chi connectivity index (χ2n) is 5.30. The van der Waals surface area contributed by atoms with Crippen molar-refractivity contribution in [3.8, 4) is 0 Å². The van der Waals surface area contributed by atoms with Crippen LogP contribution in [-0.2, 0) is 0 Å². The van der Waals surface area contributed by atoms with Crippen molar-refractivity contribution in [3.63, 3.8) is 0 Å². The van der Waals surface area contributed by atoms with Crippen LogP contribution in [0.2, 0.25) is 0 Å². The quantitative estimate of drug-likeness (QED) is 0.689. The van der Waals surface area contributed by atoms with Gasteiger partial charge in [0.1, 0.15) is 17.0 Å². The number of hydrogen-bond donors (Lipinski definition) is 2. The average Bonchev–Trinajstić information content (AvgIpc) is 2.54. The summed E-state index contributed by atoms with van der Waals surface area (Å²) >= 11 is 1.53. The summed E-state index contributed by atoms with van der Waals surface area (Å²) in [6.45, 7) is 4.14. The third-order valence-corrected chi connectivity index (χ3v) is 4.47. The van der Waals surface area contributed by atoms with E-state index in [2.05, 4.69) is 41.3 Å². The number of rotatable bonds is 4. The predicted octanol–water partition coefficient (Wildman–Crippen LogP) is 4.57. The Kier molecular flexibility index (Phi) is 4.48. The lowest BCUT2D eigenvalue weighted by molar-refractivity contribution is 1.06. The Balaban J connectivity index is 1.87. The van der Waals surface area contributed by atoms with Crippen LogP contribution in [-0.4, -0.2) is 9.97 Å². The van der Waals surface area contributed by atoms with E-state index in [4.69, 9.17) is 5.73 Å². The van der Waals surface area contributed by atoms with E-state index in [1.807, 2.05) is 36.4 Å². The maximum atomic E-state index is 6.25. The number of nitrogens with zero attached hydrogens (tertiary/aromatic N) is 2. The molecule has 2 aromatic carbocycles.